The molecule has 294 valence electrons. The number of fused-ring (bicyclic) bond motifs is 5. The predicted octanol–water partition coefficient (Wildman–Crippen LogP) is 2.08. The second-order valence-electron chi connectivity index (χ2n) is 14.1. The molecule has 0 aliphatic carbocycles. The largest absolute Gasteiger partial charge is 0.504 e. The van der Waals surface area contributed by atoms with Crippen LogP contribution in [0.1, 0.15) is 44.4 Å². The number of quaternary nitrogens is 1. The molecule has 0 spiro atoms. The lowest BCUT2D eigenvalue weighted by Gasteiger charge is -2.50. The van der Waals surface area contributed by atoms with E-state index in [1.807, 2.05) is 0 Å². The number of anilines is 1. The fourth-order valence-corrected chi connectivity index (χ4v) is 9.49. The van der Waals surface area contributed by atoms with Gasteiger partial charge in [0.1, 0.15) is 25.0 Å². The molecule has 2 atom stereocenters. The van der Waals surface area contributed by atoms with Gasteiger partial charge in [0.15, 0.2) is 33.8 Å². The van der Waals surface area contributed by atoms with Crippen molar-refractivity contribution in [1.29, 1.82) is 0 Å². The van der Waals surface area contributed by atoms with Crippen LogP contribution in [0, 0.1) is 5.92 Å². The number of thioether (sulfide) groups is 1. The molecule has 2 aromatic rings. The topological polar surface area (TPSA) is 255 Å². The molecule has 21 heteroatoms. The molecule has 2 amide bonds. The van der Waals surface area contributed by atoms with Crippen LogP contribution in [-0.4, -0.2) is 143 Å². The van der Waals surface area contributed by atoms with E-state index in [9.17, 15) is 44.4 Å². The Kier molecular flexibility index (Phi) is 11.1. The number of β-lactam (4-membered cyclic amide) rings is 1. The Balaban J connectivity index is 1.18. The first-order valence-electron chi connectivity index (χ1n) is 17.1. The summed E-state index contributed by atoms with van der Waals surface area (Å²) in [7, 11) is 1.27. The Morgan fingerprint density at radius 1 is 1.11 bits per heavy atom. The first kappa shape index (κ1) is 39.8. The van der Waals surface area contributed by atoms with E-state index in [0.717, 1.165) is 11.3 Å². The van der Waals surface area contributed by atoms with Crippen molar-refractivity contribution in [2.24, 2.45) is 16.2 Å². The molecular formula is C34H39ClN7O11S2+. The zero-order valence-corrected chi connectivity index (χ0v) is 32.3. The van der Waals surface area contributed by atoms with Gasteiger partial charge in [-0.2, -0.15) is 0 Å². The molecule has 1 aromatic carbocycles. The fraction of sp³-hybridized carbons (Fsp3) is 0.471. The molecule has 0 unspecified atom stereocenters. The highest BCUT2D eigenvalue weighted by Gasteiger charge is 2.55. The number of nitrogens with zero attached hydrogens (tertiary/aromatic N) is 6. The molecule has 4 saturated heterocycles. The molecule has 55 heavy (non-hydrogen) atoms. The van der Waals surface area contributed by atoms with Gasteiger partial charge in [0.25, 0.3) is 5.91 Å². The van der Waals surface area contributed by atoms with Crippen molar-refractivity contribution < 1.29 is 58.6 Å². The van der Waals surface area contributed by atoms with E-state index in [4.69, 9.17) is 27.0 Å². The first-order chi connectivity index (χ1) is 26.0. The van der Waals surface area contributed by atoms with Crippen LogP contribution in [0.2, 0.25) is 5.02 Å². The summed E-state index contributed by atoms with van der Waals surface area (Å²) in [6.07, 6.45) is 0.873. The van der Waals surface area contributed by atoms with Gasteiger partial charge in [0.2, 0.25) is 11.5 Å². The van der Waals surface area contributed by atoms with E-state index in [-0.39, 0.29) is 51.0 Å². The van der Waals surface area contributed by atoms with Gasteiger partial charge >= 0.3 is 11.9 Å². The molecule has 5 aliphatic rings. The Hall–Kier alpha value is -4.92. The molecule has 0 saturated carbocycles. The summed E-state index contributed by atoms with van der Waals surface area (Å²) < 4.78 is 0.488. The van der Waals surface area contributed by atoms with E-state index < -0.39 is 57.9 Å². The molecule has 1 aromatic heterocycles. The summed E-state index contributed by atoms with van der Waals surface area (Å²) in [5.41, 5.74) is 4.14. The number of thiazole rings is 1. The van der Waals surface area contributed by atoms with Gasteiger partial charge in [0, 0.05) is 47.6 Å². The highest BCUT2D eigenvalue weighted by atomic mass is 35.5. The van der Waals surface area contributed by atoms with E-state index in [2.05, 4.69) is 15.3 Å². The van der Waals surface area contributed by atoms with Gasteiger partial charge < -0.3 is 45.2 Å². The maximum absolute atomic E-state index is 14.0. The average Bonchev–Trinajstić information content (AvgIpc) is 3.39. The summed E-state index contributed by atoms with van der Waals surface area (Å²) >= 11 is 8.68. The van der Waals surface area contributed by atoms with Crippen molar-refractivity contribution in [2.75, 3.05) is 51.3 Å². The Bertz CT molecular complexity index is 2040. The SMILES string of the molecule is CO/N=C(\C(=O)N1CC[N+]2(CC3=C(C(=O)O)N4C(=O)[C@@H](CC(=O)/C(=N\OC(C)(C)C(=O)O)c5csc(N)n5)[C@H]4SC3)CCC1CC2)c1ccc(O)c(O)c1Cl. The zero-order chi connectivity index (χ0) is 40.0. The molecule has 18 nitrogen and oxygen atoms in total. The number of ketones is 1. The number of aliphatic carboxylic acids is 2. The number of carbonyl (C=O) groups is 5. The third kappa shape index (κ3) is 7.54. The summed E-state index contributed by atoms with van der Waals surface area (Å²) in [6.45, 7) is 4.91. The van der Waals surface area contributed by atoms with E-state index in [1.54, 1.807) is 4.90 Å². The molecule has 2 bridgehead atoms. The number of nitrogens with two attached hydrogens (primary N) is 1. The van der Waals surface area contributed by atoms with Crippen molar-refractivity contribution in [2.45, 2.75) is 50.1 Å². The van der Waals surface area contributed by atoms with Crippen LogP contribution in [0.3, 0.4) is 0 Å². The molecule has 4 fully saturated rings. The van der Waals surface area contributed by atoms with Crippen LogP contribution in [0.15, 0.2) is 39.1 Å². The van der Waals surface area contributed by atoms with Gasteiger partial charge in [-0.25, -0.2) is 14.6 Å². The number of rotatable bonds is 13. The number of hydrogen-bond donors (Lipinski definition) is 5. The van der Waals surface area contributed by atoms with Crippen LogP contribution in [0.25, 0.3) is 0 Å². The number of amides is 2. The van der Waals surface area contributed by atoms with E-state index in [1.165, 1.54) is 55.1 Å². The first-order valence-corrected chi connectivity index (χ1v) is 19.4. The quantitative estimate of drug-likeness (QED) is 0.0638. The number of phenolic OH excluding ortho intramolecular Hbond substituents is 2. The minimum Gasteiger partial charge on any atom is -0.504 e. The van der Waals surface area contributed by atoms with Crippen molar-refractivity contribution >= 4 is 80.8 Å². The maximum Gasteiger partial charge on any atom is 0.352 e. The summed E-state index contributed by atoms with van der Waals surface area (Å²) in [6, 6.07) is 2.41. The smallest absolute Gasteiger partial charge is 0.352 e. The molecule has 6 N–H and O–H groups in total. The normalized spacial score (nSPS) is 24.2. The third-order valence-electron chi connectivity index (χ3n) is 10.3. The van der Waals surface area contributed by atoms with Crippen LogP contribution >= 0.6 is 34.7 Å². The number of carboxylic acid groups (broad SMARTS) is 2. The second kappa shape index (κ2) is 15.3. The van der Waals surface area contributed by atoms with Crippen LogP contribution < -0.4 is 5.73 Å². The number of aromatic hydroxyl groups is 2. The zero-order valence-electron chi connectivity index (χ0n) is 29.9. The number of benzene rings is 1. The number of Topliss-reactive ketones (excluding diaryl/α,β-unsaturated/α-hetero) is 1. The summed E-state index contributed by atoms with van der Waals surface area (Å²) in [4.78, 5) is 82.8. The highest BCUT2D eigenvalue weighted by molar-refractivity contribution is 8.00. The summed E-state index contributed by atoms with van der Waals surface area (Å²) in [5, 5.41) is 48.4. The summed E-state index contributed by atoms with van der Waals surface area (Å²) in [5.74, 6) is -5.89. The van der Waals surface area contributed by atoms with Crippen molar-refractivity contribution in [1.82, 2.24) is 14.8 Å². The number of hydrogen-bond acceptors (Lipinski definition) is 15. The fourth-order valence-electron chi connectivity index (χ4n) is 7.29. The number of oxime groups is 2. The van der Waals surface area contributed by atoms with E-state index in [0.29, 0.717) is 61.4 Å². The van der Waals surface area contributed by atoms with Gasteiger partial charge in [-0.05, 0) is 26.0 Å². The lowest BCUT2D eigenvalue weighted by Crippen LogP contribution is -2.63. The van der Waals surface area contributed by atoms with Crippen molar-refractivity contribution in [3.05, 3.63) is 45.1 Å². The molecule has 6 heterocycles. The van der Waals surface area contributed by atoms with Crippen LogP contribution in [0.4, 0.5) is 5.13 Å². The van der Waals surface area contributed by atoms with Crippen LogP contribution in [-0.2, 0) is 33.6 Å². The monoisotopic (exact) mass is 820 g/mol. The van der Waals surface area contributed by atoms with E-state index >= 15 is 0 Å². The van der Waals surface area contributed by atoms with Gasteiger partial charge in [-0.15, -0.1) is 23.1 Å². The number of phenols is 2. The molecule has 7 rings (SSSR count). The minimum atomic E-state index is -1.77. The number of halogens is 1. The van der Waals surface area contributed by atoms with Gasteiger partial charge in [-0.1, -0.05) is 21.9 Å². The second-order valence-corrected chi connectivity index (χ2v) is 16.5. The van der Waals surface area contributed by atoms with Gasteiger partial charge in [0.05, 0.1) is 42.5 Å². The Labute approximate surface area is 327 Å². The van der Waals surface area contributed by atoms with Gasteiger partial charge in [-0.3, -0.25) is 19.3 Å². The molecular weight excluding hydrogens is 782 g/mol. The predicted molar refractivity (Wildman–Crippen MR) is 200 cm³/mol. The Morgan fingerprint density at radius 3 is 2.44 bits per heavy atom. The number of carboxylic acids is 2. The molecule has 0 radical (unpaired) electrons. The third-order valence-corrected chi connectivity index (χ3v) is 12.8. The lowest BCUT2D eigenvalue weighted by molar-refractivity contribution is -0.924. The van der Waals surface area contributed by atoms with Crippen molar-refractivity contribution in [3.8, 4) is 11.5 Å². The number of nitrogen functional groups attached to an aromatic ring is 1. The average molecular weight is 821 g/mol. The molecule has 5 aliphatic heterocycles. The van der Waals surface area contributed by atoms with Crippen molar-refractivity contribution in [3.63, 3.8) is 0 Å². The standard InChI is InChI=1S/C34H38ClN7O11S2/c1-34(2,32(50)51)53-39-25(20-15-55-33(36)37-20)22(44)12-19-28(46)41-26(31(48)49)16(14-54-30(19)41)13-42-9-6-17(7-10-42)40(8-11-42)29(47)24(38-52-3)18-4-5-21(43)27(45)23(18)35/h4-5,15,17,19,30H,6-14H2,1-3H3,(H5-,36,37,38,39,43,44,45,47,48,49,50,51)/p+1/t17?,19-,30-,42?/m1/s1. The maximum atomic E-state index is 14.0. The minimum absolute atomic E-state index is 0.0584. The van der Waals surface area contributed by atoms with Crippen LogP contribution in [0.5, 0.6) is 11.5 Å². The number of aromatic nitrogens is 1. The Morgan fingerprint density at radius 2 is 1.82 bits per heavy atom. The number of carbonyl (C=O) groups excluding carboxylic acids is 3. The highest BCUT2D eigenvalue weighted by Crippen LogP contribution is 2.46. The number of piperidine rings is 1. The lowest BCUT2D eigenvalue weighted by atomic mass is 9.89.